The van der Waals surface area contributed by atoms with Crippen molar-refractivity contribution in [1.82, 2.24) is 4.98 Å². The maximum absolute atomic E-state index is 11.9. The molecule has 1 N–H and O–H groups in total. The zero-order chi connectivity index (χ0) is 18.0. The Hall–Kier alpha value is -2.88. The van der Waals surface area contributed by atoms with Crippen LogP contribution in [0.2, 0.25) is 0 Å². The minimum atomic E-state index is -0.0698. The Morgan fingerprint density at radius 3 is 2.44 bits per heavy atom. The molecule has 25 heavy (non-hydrogen) atoms. The molecule has 128 valence electrons. The first-order valence-corrected chi connectivity index (χ1v) is 8.34. The summed E-state index contributed by atoms with van der Waals surface area (Å²) in [5.74, 6) is 0.656. The van der Waals surface area contributed by atoms with E-state index in [9.17, 15) is 4.79 Å². The number of pyridine rings is 1. The van der Waals surface area contributed by atoms with Crippen LogP contribution >= 0.6 is 0 Å². The van der Waals surface area contributed by atoms with Gasteiger partial charge in [-0.15, -0.1) is 0 Å². The first kappa shape index (κ1) is 17.0. The monoisotopic (exact) mass is 334 g/mol. The third-order valence-electron chi connectivity index (χ3n) is 4.13. The first-order chi connectivity index (χ1) is 12.0. The molecule has 0 unspecified atom stereocenters. The lowest BCUT2D eigenvalue weighted by Crippen LogP contribution is -2.17. The van der Waals surface area contributed by atoms with E-state index in [0.29, 0.717) is 0 Å². The summed E-state index contributed by atoms with van der Waals surface area (Å²) in [6.07, 6.45) is 0. The van der Waals surface area contributed by atoms with Crippen LogP contribution in [0.3, 0.4) is 0 Å². The summed E-state index contributed by atoms with van der Waals surface area (Å²) in [5, 5.41) is 3.79. The van der Waals surface area contributed by atoms with Crippen molar-refractivity contribution in [3.63, 3.8) is 0 Å². The van der Waals surface area contributed by atoms with E-state index in [1.165, 1.54) is 5.56 Å². The van der Waals surface area contributed by atoms with Crippen LogP contribution in [-0.4, -0.2) is 18.0 Å². The minimum absolute atomic E-state index is 0.0115. The third kappa shape index (κ3) is 3.63. The number of nitrogens with zero attached hydrogens (tertiary/aromatic N) is 1. The molecule has 0 fully saturated rings. The zero-order valence-electron chi connectivity index (χ0n) is 15.0. The number of fused-ring (bicyclic) bond motifs is 1. The highest BCUT2D eigenvalue weighted by Gasteiger charge is 2.11. The van der Waals surface area contributed by atoms with E-state index in [0.717, 1.165) is 33.6 Å². The lowest BCUT2D eigenvalue weighted by Gasteiger charge is -2.12. The van der Waals surface area contributed by atoms with Crippen molar-refractivity contribution in [2.45, 2.75) is 20.8 Å². The van der Waals surface area contributed by atoms with Crippen LogP contribution in [0.1, 0.15) is 19.4 Å². The summed E-state index contributed by atoms with van der Waals surface area (Å²) in [6, 6.07) is 15.9. The van der Waals surface area contributed by atoms with Crippen LogP contribution in [0.25, 0.3) is 22.2 Å². The van der Waals surface area contributed by atoms with Gasteiger partial charge >= 0.3 is 0 Å². The predicted octanol–water partition coefficient (Wildman–Crippen LogP) is 4.81. The van der Waals surface area contributed by atoms with Crippen LogP contribution < -0.4 is 10.1 Å². The van der Waals surface area contributed by atoms with Gasteiger partial charge in [-0.2, -0.15) is 0 Å². The number of methoxy groups -OCH3 is 1. The topological polar surface area (TPSA) is 51.2 Å². The van der Waals surface area contributed by atoms with E-state index in [-0.39, 0.29) is 11.8 Å². The number of aryl methyl sites for hydroxylation is 1. The van der Waals surface area contributed by atoms with Gasteiger partial charge in [0.25, 0.3) is 0 Å². The van der Waals surface area contributed by atoms with E-state index in [2.05, 4.69) is 36.5 Å². The number of rotatable bonds is 4. The molecule has 1 aromatic heterocycles. The maximum atomic E-state index is 11.9. The second-order valence-corrected chi connectivity index (χ2v) is 6.45. The van der Waals surface area contributed by atoms with E-state index in [4.69, 9.17) is 9.72 Å². The number of ether oxygens (including phenoxy) is 1. The van der Waals surface area contributed by atoms with Crippen LogP contribution in [0.5, 0.6) is 5.75 Å². The number of nitrogens with one attached hydrogen (secondary N) is 1. The molecule has 0 aliphatic carbocycles. The summed E-state index contributed by atoms with van der Waals surface area (Å²) in [6.45, 7) is 5.80. The smallest absolute Gasteiger partial charge is 0.226 e. The van der Waals surface area contributed by atoms with Crippen molar-refractivity contribution < 1.29 is 9.53 Å². The molecule has 0 aliphatic rings. The minimum Gasteiger partial charge on any atom is -0.496 e. The Bertz CT molecular complexity index is 915. The molecule has 0 radical (unpaired) electrons. The quantitative estimate of drug-likeness (QED) is 0.744. The Balaban J connectivity index is 2.05. The van der Waals surface area contributed by atoms with Crippen LogP contribution in [0, 0.1) is 12.8 Å². The van der Waals surface area contributed by atoms with Crippen LogP contribution in [-0.2, 0) is 4.79 Å². The predicted molar refractivity (Wildman–Crippen MR) is 102 cm³/mol. The average molecular weight is 334 g/mol. The van der Waals surface area contributed by atoms with E-state index >= 15 is 0 Å². The van der Waals surface area contributed by atoms with Gasteiger partial charge in [-0.1, -0.05) is 43.7 Å². The molecule has 1 amide bonds. The largest absolute Gasteiger partial charge is 0.496 e. The molecular formula is C21H22N2O2. The summed E-state index contributed by atoms with van der Waals surface area (Å²) >= 11 is 0. The fourth-order valence-electron chi connectivity index (χ4n) is 2.60. The summed E-state index contributed by atoms with van der Waals surface area (Å²) in [4.78, 5) is 16.7. The summed E-state index contributed by atoms with van der Waals surface area (Å²) < 4.78 is 5.57. The molecular weight excluding hydrogens is 312 g/mol. The number of carbonyl (C=O) groups excluding carboxylic acids is 1. The Morgan fingerprint density at radius 1 is 1.08 bits per heavy atom. The van der Waals surface area contributed by atoms with Gasteiger partial charge in [-0.25, -0.2) is 4.98 Å². The number of anilines is 1. The molecule has 0 saturated heterocycles. The van der Waals surface area contributed by atoms with Gasteiger partial charge in [0.1, 0.15) is 5.75 Å². The summed E-state index contributed by atoms with van der Waals surface area (Å²) in [5.41, 5.74) is 4.69. The highest BCUT2D eigenvalue weighted by atomic mass is 16.5. The molecule has 2 aromatic carbocycles. The maximum Gasteiger partial charge on any atom is 0.226 e. The normalized spacial score (nSPS) is 10.9. The van der Waals surface area contributed by atoms with Crippen molar-refractivity contribution in [3.05, 3.63) is 54.1 Å². The second-order valence-electron chi connectivity index (χ2n) is 6.45. The third-order valence-corrected chi connectivity index (χ3v) is 4.13. The average Bonchev–Trinajstić information content (AvgIpc) is 2.61. The molecule has 0 atom stereocenters. The SMILES string of the molecule is COc1cc(-c2ccc(C)cc2)nc2ccc(NC(=O)C(C)C)cc12. The number of benzene rings is 2. The van der Waals surface area contributed by atoms with Gasteiger partial charge in [0.2, 0.25) is 5.91 Å². The highest BCUT2D eigenvalue weighted by molar-refractivity contribution is 5.96. The van der Waals surface area contributed by atoms with Crippen molar-refractivity contribution in [3.8, 4) is 17.0 Å². The van der Waals surface area contributed by atoms with Crippen molar-refractivity contribution in [2.24, 2.45) is 5.92 Å². The van der Waals surface area contributed by atoms with Gasteiger partial charge in [0, 0.05) is 28.6 Å². The van der Waals surface area contributed by atoms with Gasteiger partial charge < -0.3 is 10.1 Å². The molecule has 4 nitrogen and oxygen atoms in total. The number of carbonyl (C=O) groups is 1. The molecule has 0 spiro atoms. The first-order valence-electron chi connectivity index (χ1n) is 8.34. The highest BCUT2D eigenvalue weighted by Crippen LogP contribution is 2.31. The van der Waals surface area contributed by atoms with E-state index < -0.39 is 0 Å². The number of hydrogen-bond donors (Lipinski definition) is 1. The van der Waals surface area contributed by atoms with Crippen molar-refractivity contribution >= 4 is 22.5 Å². The second kappa shape index (κ2) is 6.93. The molecule has 3 rings (SSSR count). The molecule has 0 bridgehead atoms. The van der Waals surface area contributed by atoms with Gasteiger partial charge in [-0.05, 0) is 25.1 Å². The lowest BCUT2D eigenvalue weighted by molar-refractivity contribution is -0.118. The van der Waals surface area contributed by atoms with E-state index in [1.807, 2.05) is 38.1 Å². The number of hydrogen-bond acceptors (Lipinski definition) is 3. The molecule has 0 saturated carbocycles. The van der Waals surface area contributed by atoms with Crippen molar-refractivity contribution in [2.75, 3.05) is 12.4 Å². The van der Waals surface area contributed by atoms with Crippen LogP contribution in [0.15, 0.2) is 48.5 Å². The zero-order valence-corrected chi connectivity index (χ0v) is 15.0. The number of amides is 1. The van der Waals surface area contributed by atoms with Crippen LogP contribution in [0.4, 0.5) is 5.69 Å². The lowest BCUT2D eigenvalue weighted by atomic mass is 10.1. The fraction of sp³-hybridized carbons (Fsp3) is 0.238. The Kier molecular flexibility index (Phi) is 4.70. The van der Waals surface area contributed by atoms with Gasteiger partial charge in [-0.3, -0.25) is 4.79 Å². The fourth-order valence-corrected chi connectivity index (χ4v) is 2.60. The van der Waals surface area contributed by atoms with Crippen molar-refractivity contribution in [1.29, 1.82) is 0 Å². The molecule has 0 aliphatic heterocycles. The van der Waals surface area contributed by atoms with Gasteiger partial charge in [0.15, 0.2) is 0 Å². The van der Waals surface area contributed by atoms with Gasteiger partial charge in [0.05, 0.1) is 18.3 Å². The summed E-state index contributed by atoms with van der Waals surface area (Å²) in [7, 11) is 1.65. The standard InChI is InChI=1S/C21H22N2O2/c1-13(2)21(24)22-16-9-10-18-17(11-16)20(25-4)12-19(23-18)15-7-5-14(3)6-8-15/h5-13H,1-4H3,(H,22,24). The molecule has 3 aromatic rings. The molecule has 1 heterocycles. The number of aromatic nitrogens is 1. The molecule has 4 heteroatoms. The Labute approximate surface area is 147 Å². The Morgan fingerprint density at radius 2 is 1.80 bits per heavy atom. The van der Waals surface area contributed by atoms with E-state index in [1.54, 1.807) is 7.11 Å².